The molecule has 0 saturated carbocycles. The number of benzene rings is 3. The number of nitrogens with one attached hydrogen (secondary N) is 1. The fraction of sp³-hybridized carbons (Fsp3) is 0.0833. The van der Waals surface area contributed by atoms with E-state index in [0.29, 0.717) is 11.5 Å². The highest BCUT2D eigenvalue weighted by atomic mass is 16.7. The van der Waals surface area contributed by atoms with Crippen LogP contribution in [0.1, 0.15) is 12.5 Å². The molecular weight excluding hydrogens is 364 g/mol. The molecule has 0 aliphatic carbocycles. The van der Waals surface area contributed by atoms with Gasteiger partial charge in [-0.2, -0.15) is 5.10 Å². The van der Waals surface area contributed by atoms with Gasteiger partial charge in [-0.1, -0.05) is 72.8 Å². The van der Waals surface area contributed by atoms with Crippen molar-refractivity contribution in [2.24, 2.45) is 5.10 Å². The number of amides is 1. The molecule has 3 aromatic rings. The summed E-state index contributed by atoms with van der Waals surface area (Å²) in [5, 5.41) is 4.02. The summed E-state index contributed by atoms with van der Waals surface area (Å²) >= 11 is 0. The van der Waals surface area contributed by atoms with E-state index in [1.807, 2.05) is 79.7 Å². The molecule has 0 atom stereocenters. The van der Waals surface area contributed by atoms with Crippen LogP contribution in [0.5, 0.6) is 11.5 Å². The van der Waals surface area contributed by atoms with E-state index in [9.17, 15) is 4.79 Å². The highest BCUT2D eigenvalue weighted by Gasteiger charge is 2.22. The minimum Gasteiger partial charge on any atom is -0.446 e. The molecule has 3 aromatic carbocycles. The normalized spacial score (nSPS) is 11.4. The monoisotopic (exact) mass is 386 g/mol. The fourth-order valence-corrected chi connectivity index (χ4v) is 2.48. The van der Waals surface area contributed by atoms with E-state index in [1.165, 1.54) is 0 Å². The molecule has 1 N–H and O–H groups in total. The Morgan fingerprint density at radius 3 is 1.83 bits per heavy atom. The van der Waals surface area contributed by atoms with E-state index in [2.05, 4.69) is 10.5 Å². The van der Waals surface area contributed by atoms with Gasteiger partial charge in [-0.15, -0.1) is 0 Å². The maximum atomic E-state index is 12.6. The number of para-hydroxylation sites is 2. The van der Waals surface area contributed by atoms with Gasteiger partial charge in [0.15, 0.2) is 0 Å². The lowest BCUT2D eigenvalue weighted by atomic mass is 10.1. The quantitative estimate of drug-likeness (QED) is 0.347. The molecule has 0 spiro atoms. The lowest BCUT2D eigenvalue weighted by Crippen LogP contribution is -2.40. The van der Waals surface area contributed by atoms with Crippen molar-refractivity contribution < 1.29 is 14.3 Å². The van der Waals surface area contributed by atoms with E-state index in [4.69, 9.17) is 9.47 Å². The van der Waals surface area contributed by atoms with Gasteiger partial charge in [0, 0.05) is 0 Å². The summed E-state index contributed by atoms with van der Waals surface area (Å²) < 4.78 is 11.4. The maximum Gasteiger partial charge on any atom is 0.323 e. The lowest BCUT2D eigenvalue weighted by molar-refractivity contribution is -0.140. The van der Waals surface area contributed by atoms with Crippen LogP contribution in [0.15, 0.2) is 102 Å². The van der Waals surface area contributed by atoms with Gasteiger partial charge in [-0.25, -0.2) is 5.43 Å². The Bertz CT molecular complexity index is 914. The van der Waals surface area contributed by atoms with Gasteiger partial charge in [0.2, 0.25) is 0 Å². The van der Waals surface area contributed by atoms with Gasteiger partial charge in [0.25, 0.3) is 0 Å². The Balaban J connectivity index is 1.66. The molecule has 146 valence electrons. The predicted molar refractivity (Wildman–Crippen MR) is 115 cm³/mol. The Labute approximate surface area is 170 Å². The second kappa shape index (κ2) is 10.5. The van der Waals surface area contributed by atoms with Crippen molar-refractivity contribution >= 4 is 18.2 Å². The number of allylic oxidation sites excluding steroid dienone is 1. The zero-order valence-corrected chi connectivity index (χ0v) is 16.1. The molecule has 5 heteroatoms. The van der Waals surface area contributed by atoms with E-state index in [1.54, 1.807) is 30.5 Å². The minimum absolute atomic E-state index is 0.513. The summed E-state index contributed by atoms with van der Waals surface area (Å²) in [5.41, 5.74) is 4.43. The van der Waals surface area contributed by atoms with Crippen LogP contribution in [0.3, 0.4) is 0 Å². The fourth-order valence-electron chi connectivity index (χ4n) is 2.48. The lowest BCUT2D eigenvalue weighted by Gasteiger charge is -2.18. The number of carbonyl (C=O) groups excluding carboxylic acids is 1. The third kappa shape index (κ3) is 6.66. The Hall–Kier alpha value is -3.86. The molecule has 1 amide bonds. The maximum absolute atomic E-state index is 12.6. The van der Waals surface area contributed by atoms with Crippen molar-refractivity contribution in [3.8, 4) is 11.5 Å². The molecule has 5 nitrogen and oxygen atoms in total. The number of hydrogen-bond donors (Lipinski definition) is 1. The van der Waals surface area contributed by atoms with E-state index < -0.39 is 12.2 Å². The van der Waals surface area contributed by atoms with E-state index >= 15 is 0 Å². The van der Waals surface area contributed by atoms with Crippen LogP contribution in [0.25, 0.3) is 6.08 Å². The molecule has 0 heterocycles. The van der Waals surface area contributed by atoms with Crippen molar-refractivity contribution in [3.05, 3.63) is 102 Å². The third-order valence-corrected chi connectivity index (χ3v) is 3.82. The number of hydrazone groups is 1. The second-order valence-electron chi connectivity index (χ2n) is 6.23. The molecule has 29 heavy (non-hydrogen) atoms. The van der Waals surface area contributed by atoms with Crippen LogP contribution in [-0.2, 0) is 4.79 Å². The summed E-state index contributed by atoms with van der Waals surface area (Å²) in [4.78, 5) is 12.6. The summed E-state index contributed by atoms with van der Waals surface area (Å²) in [7, 11) is 0. The van der Waals surface area contributed by atoms with Crippen LogP contribution < -0.4 is 14.9 Å². The summed E-state index contributed by atoms with van der Waals surface area (Å²) in [6.45, 7) is 1.90. The van der Waals surface area contributed by atoms with Crippen LogP contribution in [0.2, 0.25) is 0 Å². The third-order valence-electron chi connectivity index (χ3n) is 3.82. The number of ether oxygens (including phenoxy) is 2. The molecule has 0 bridgehead atoms. The van der Waals surface area contributed by atoms with Crippen molar-refractivity contribution in [1.82, 2.24) is 5.43 Å². The van der Waals surface area contributed by atoms with E-state index in [-0.39, 0.29) is 0 Å². The highest BCUT2D eigenvalue weighted by molar-refractivity contribution is 5.86. The van der Waals surface area contributed by atoms with Crippen LogP contribution in [0.4, 0.5) is 0 Å². The number of nitrogens with zero attached hydrogens (tertiary/aromatic N) is 1. The second-order valence-corrected chi connectivity index (χ2v) is 6.23. The Morgan fingerprint density at radius 2 is 1.31 bits per heavy atom. The zero-order valence-electron chi connectivity index (χ0n) is 16.1. The van der Waals surface area contributed by atoms with Crippen molar-refractivity contribution in [1.29, 1.82) is 0 Å². The highest BCUT2D eigenvalue weighted by Crippen LogP contribution is 2.16. The van der Waals surface area contributed by atoms with Crippen molar-refractivity contribution in [2.75, 3.05) is 0 Å². The van der Waals surface area contributed by atoms with Gasteiger partial charge in [-0.3, -0.25) is 4.79 Å². The summed E-state index contributed by atoms with van der Waals surface area (Å²) in [5.74, 6) is 0.530. The first-order valence-corrected chi connectivity index (χ1v) is 9.20. The summed E-state index contributed by atoms with van der Waals surface area (Å²) in [6, 6.07) is 27.9. The van der Waals surface area contributed by atoms with E-state index in [0.717, 1.165) is 11.1 Å². The van der Waals surface area contributed by atoms with Gasteiger partial charge in [0.05, 0.1) is 6.21 Å². The average Bonchev–Trinajstić information content (AvgIpc) is 2.75. The molecule has 0 aliphatic heterocycles. The van der Waals surface area contributed by atoms with Gasteiger partial charge < -0.3 is 9.47 Å². The smallest absolute Gasteiger partial charge is 0.323 e. The van der Waals surface area contributed by atoms with Crippen molar-refractivity contribution in [2.45, 2.75) is 13.2 Å². The standard InChI is InChI=1S/C24H22N2O3/c1-19(17-20-11-5-2-6-12-20)18-25-26-23(27)24(28-21-13-7-3-8-14-21)29-22-15-9-4-10-16-22/h2-18,24H,1H3,(H,26,27)/b19-17-,25-18+. The van der Waals surface area contributed by atoms with Crippen LogP contribution in [-0.4, -0.2) is 18.4 Å². The largest absolute Gasteiger partial charge is 0.446 e. The first kappa shape index (κ1) is 19.9. The number of carbonyl (C=O) groups is 1. The Morgan fingerprint density at radius 1 is 0.828 bits per heavy atom. The molecule has 0 aromatic heterocycles. The van der Waals surface area contributed by atoms with Gasteiger partial charge in [-0.05, 0) is 42.3 Å². The van der Waals surface area contributed by atoms with Gasteiger partial charge >= 0.3 is 12.2 Å². The first-order valence-electron chi connectivity index (χ1n) is 9.20. The van der Waals surface area contributed by atoms with Crippen LogP contribution in [0, 0.1) is 0 Å². The molecule has 0 aliphatic rings. The SMILES string of the molecule is CC(=C/c1ccccc1)/C=N/NC(=O)C(Oc1ccccc1)Oc1ccccc1. The number of hydrogen-bond acceptors (Lipinski definition) is 4. The zero-order chi connectivity index (χ0) is 20.3. The molecule has 0 saturated heterocycles. The topological polar surface area (TPSA) is 59.9 Å². The number of rotatable bonds is 8. The Kier molecular flexibility index (Phi) is 7.18. The molecule has 0 fully saturated rings. The van der Waals surface area contributed by atoms with Crippen LogP contribution >= 0.6 is 0 Å². The first-order chi connectivity index (χ1) is 14.2. The predicted octanol–water partition coefficient (Wildman–Crippen LogP) is 4.68. The van der Waals surface area contributed by atoms with Crippen molar-refractivity contribution in [3.63, 3.8) is 0 Å². The minimum atomic E-state index is -1.18. The molecule has 0 radical (unpaired) electrons. The van der Waals surface area contributed by atoms with Gasteiger partial charge in [0.1, 0.15) is 11.5 Å². The average molecular weight is 386 g/mol. The summed E-state index contributed by atoms with van der Waals surface area (Å²) in [6.07, 6.45) is 2.36. The molecule has 0 unspecified atom stereocenters. The molecule has 3 rings (SSSR count). The molecular formula is C24H22N2O3.